The van der Waals surface area contributed by atoms with E-state index in [1.165, 1.54) is 12.1 Å². The van der Waals surface area contributed by atoms with E-state index < -0.39 is 24.4 Å². The molecule has 0 atom stereocenters. The largest absolute Gasteiger partial charge is 0.452 e. The number of nitrogens with one attached hydrogen (secondary N) is 2. The van der Waals surface area contributed by atoms with Crippen LogP contribution in [0.25, 0.3) is 0 Å². The van der Waals surface area contributed by atoms with Crippen LogP contribution in [-0.2, 0) is 9.53 Å². The van der Waals surface area contributed by atoms with Crippen molar-refractivity contribution in [2.75, 3.05) is 24.6 Å². The van der Waals surface area contributed by atoms with Gasteiger partial charge in [-0.05, 0) is 62.4 Å². The molecule has 0 saturated carbocycles. The number of hydrogen-bond donors (Lipinski definition) is 2. The molecule has 0 bridgehead atoms. The Bertz CT molecular complexity index is 818. The minimum absolute atomic E-state index is 0.273. The summed E-state index contributed by atoms with van der Waals surface area (Å²) in [7, 11) is 0. The lowest BCUT2D eigenvalue weighted by molar-refractivity contribution is -0.125. The third-order valence-corrected chi connectivity index (χ3v) is 4.24. The van der Waals surface area contributed by atoms with Gasteiger partial charge in [-0.3, -0.25) is 20.4 Å². The van der Waals surface area contributed by atoms with Gasteiger partial charge in [-0.2, -0.15) is 0 Å². The van der Waals surface area contributed by atoms with E-state index in [2.05, 4.69) is 29.6 Å². The quantitative estimate of drug-likeness (QED) is 0.548. The maximum Gasteiger partial charge on any atom is 0.338 e. The van der Waals surface area contributed by atoms with Crippen molar-refractivity contribution >= 4 is 35.1 Å². The van der Waals surface area contributed by atoms with Gasteiger partial charge in [0, 0.05) is 29.4 Å². The van der Waals surface area contributed by atoms with E-state index in [-0.39, 0.29) is 5.56 Å². The van der Waals surface area contributed by atoms with Crippen LogP contribution in [-0.4, -0.2) is 37.5 Å². The average molecular weight is 404 g/mol. The highest BCUT2D eigenvalue weighted by Crippen LogP contribution is 2.14. The van der Waals surface area contributed by atoms with Crippen LogP contribution in [0.15, 0.2) is 48.5 Å². The fourth-order valence-corrected chi connectivity index (χ4v) is 2.57. The zero-order chi connectivity index (χ0) is 20.5. The van der Waals surface area contributed by atoms with Gasteiger partial charge in [-0.1, -0.05) is 11.6 Å². The summed E-state index contributed by atoms with van der Waals surface area (Å²) >= 11 is 5.75. The average Bonchev–Trinajstić information content (AvgIpc) is 2.72. The standard InChI is InChI=1S/C20H22ClN3O4/c1-3-24(4-2)17-11-7-14(8-12-17)19(26)23-22-18(25)13-28-20(27)15-5-9-16(21)10-6-15/h5-12H,3-4,13H2,1-2H3,(H,22,25)(H,23,26). The summed E-state index contributed by atoms with van der Waals surface area (Å²) in [5.41, 5.74) is 6.18. The van der Waals surface area contributed by atoms with Crippen molar-refractivity contribution < 1.29 is 19.1 Å². The predicted molar refractivity (Wildman–Crippen MR) is 107 cm³/mol. The minimum atomic E-state index is -0.662. The number of benzene rings is 2. The molecule has 2 rings (SSSR count). The van der Waals surface area contributed by atoms with E-state index in [4.69, 9.17) is 16.3 Å². The fraction of sp³-hybridized carbons (Fsp3) is 0.250. The molecule has 2 aromatic rings. The van der Waals surface area contributed by atoms with Crippen molar-refractivity contribution in [1.29, 1.82) is 0 Å². The summed E-state index contributed by atoms with van der Waals surface area (Å²) in [6, 6.07) is 13.1. The molecule has 0 aromatic heterocycles. The number of carbonyl (C=O) groups is 3. The van der Waals surface area contributed by atoms with Crippen LogP contribution in [0.2, 0.25) is 5.02 Å². The lowest BCUT2D eigenvalue weighted by Gasteiger charge is -2.21. The van der Waals surface area contributed by atoms with E-state index in [0.29, 0.717) is 10.6 Å². The Balaban J connectivity index is 1.79. The number of esters is 1. The summed E-state index contributed by atoms with van der Waals surface area (Å²) in [4.78, 5) is 37.8. The summed E-state index contributed by atoms with van der Waals surface area (Å²) in [5.74, 6) is -1.79. The van der Waals surface area contributed by atoms with Crippen LogP contribution in [0.4, 0.5) is 5.69 Å². The molecule has 148 valence electrons. The highest BCUT2D eigenvalue weighted by atomic mass is 35.5. The van der Waals surface area contributed by atoms with Crippen LogP contribution in [0, 0.1) is 0 Å². The molecule has 0 aliphatic carbocycles. The highest BCUT2D eigenvalue weighted by molar-refractivity contribution is 6.30. The maximum atomic E-state index is 12.1. The van der Waals surface area contributed by atoms with Crippen LogP contribution in [0.1, 0.15) is 34.6 Å². The van der Waals surface area contributed by atoms with Crippen LogP contribution >= 0.6 is 11.6 Å². The zero-order valence-corrected chi connectivity index (χ0v) is 16.5. The third kappa shape index (κ3) is 5.99. The number of ether oxygens (including phenoxy) is 1. The first-order chi connectivity index (χ1) is 13.4. The van der Waals surface area contributed by atoms with Gasteiger partial charge in [-0.25, -0.2) is 4.79 Å². The van der Waals surface area contributed by atoms with Gasteiger partial charge in [-0.15, -0.1) is 0 Å². The molecule has 28 heavy (non-hydrogen) atoms. The second-order valence-electron chi connectivity index (χ2n) is 5.80. The van der Waals surface area contributed by atoms with Crippen molar-refractivity contribution in [1.82, 2.24) is 10.9 Å². The molecular formula is C20H22ClN3O4. The number of anilines is 1. The molecule has 0 aliphatic rings. The van der Waals surface area contributed by atoms with E-state index >= 15 is 0 Å². The summed E-state index contributed by atoms with van der Waals surface area (Å²) in [6.45, 7) is 5.32. The number of hydrazine groups is 1. The lowest BCUT2D eigenvalue weighted by Crippen LogP contribution is -2.43. The molecular weight excluding hydrogens is 382 g/mol. The summed E-state index contributed by atoms with van der Waals surface area (Å²) in [5, 5.41) is 0.488. The van der Waals surface area contributed by atoms with Crippen molar-refractivity contribution in [3.8, 4) is 0 Å². The molecule has 7 nitrogen and oxygen atoms in total. The van der Waals surface area contributed by atoms with Gasteiger partial charge in [0.2, 0.25) is 0 Å². The monoisotopic (exact) mass is 403 g/mol. The van der Waals surface area contributed by atoms with Gasteiger partial charge in [0.1, 0.15) is 0 Å². The first-order valence-electron chi connectivity index (χ1n) is 8.81. The second-order valence-corrected chi connectivity index (χ2v) is 6.24. The van der Waals surface area contributed by atoms with Crippen molar-refractivity contribution in [3.05, 3.63) is 64.7 Å². The lowest BCUT2D eigenvalue weighted by atomic mass is 10.2. The van der Waals surface area contributed by atoms with E-state index in [0.717, 1.165) is 18.8 Å². The molecule has 0 unspecified atom stereocenters. The Kier molecular flexibility index (Phi) is 7.83. The molecule has 0 aliphatic heterocycles. The topological polar surface area (TPSA) is 87.7 Å². The number of amides is 2. The SMILES string of the molecule is CCN(CC)c1ccc(C(=O)NNC(=O)COC(=O)c2ccc(Cl)cc2)cc1. The second kappa shape index (κ2) is 10.3. The molecule has 8 heteroatoms. The van der Waals surface area contributed by atoms with Gasteiger partial charge in [0.05, 0.1) is 5.56 Å². The van der Waals surface area contributed by atoms with E-state index in [9.17, 15) is 14.4 Å². The maximum absolute atomic E-state index is 12.1. The molecule has 2 aromatic carbocycles. The first-order valence-corrected chi connectivity index (χ1v) is 9.19. The van der Waals surface area contributed by atoms with Gasteiger partial charge in [0.15, 0.2) is 6.61 Å². The number of hydrogen-bond acceptors (Lipinski definition) is 5. The van der Waals surface area contributed by atoms with Crippen LogP contribution in [0.5, 0.6) is 0 Å². The van der Waals surface area contributed by atoms with Gasteiger partial charge in [0.25, 0.3) is 11.8 Å². The summed E-state index contributed by atoms with van der Waals surface area (Å²) < 4.78 is 4.88. The summed E-state index contributed by atoms with van der Waals surface area (Å²) in [6.07, 6.45) is 0. The minimum Gasteiger partial charge on any atom is -0.452 e. The number of carbonyl (C=O) groups excluding carboxylic acids is 3. The molecule has 0 radical (unpaired) electrons. The van der Waals surface area contributed by atoms with Gasteiger partial charge >= 0.3 is 5.97 Å². The van der Waals surface area contributed by atoms with Crippen LogP contribution in [0.3, 0.4) is 0 Å². The Morgan fingerprint density at radius 1 is 0.893 bits per heavy atom. The Labute approximate surface area is 168 Å². The van der Waals surface area contributed by atoms with E-state index in [1.54, 1.807) is 24.3 Å². The molecule has 2 amide bonds. The Morgan fingerprint density at radius 2 is 1.46 bits per heavy atom. The molecule has 0 heterocycles. The van der Waals surface area contributed by atoms with Crippen molar-refractivity contribution in [3.63, 3.8) is 0 Å². The normalized spacial score (nSPS) is 10.1. The van der Waals surface area contributed by atoms with Gasteiger partial charge < -0.3 is 9.64 Å². The molecule has 0 spiro atoms. The third-order valence-electron chi connectivity index (χ3n) is 3.99. The number of rotatable bonds is 7. The highest BCUT2D eigenvalue weighted by Gasteiger charge is 2.12. The number of halogens is 1. The van der Waals surface area contributed by atoms with Crippen molar-refractivity contribution in [2.24, 2.45) is 0 Å². The Hall–Kier alpha value is -3.06. The number of nitrogens with zero attached hydrogens (tertiary/aromatic N) is 1. The van der Waals surface area contributed by atoms with Crippen molar-refractivity contribution in [2.45, 2.75) is 13.8 Å². The first kappa shape index (κ1) is 21.2. The fourth-order valence-electron chi connectivity index (χ4n) is 2.45. The molecule has 2 N–H and O–H groups in total. The molecule has 0 fully saturated rings. The van der Waals surface area contributed by atoms with E-state index in [1.807, 2.05) is 12.1 Å². The van der Waals surface area contributed by atoms with Crippen LogP contribution < -0.4 is 15.8 Å². The smallest absolute Gasteiger partial charge is 0.338 e. The zero-order valence-electron chi connectivity index (χ0n) is 15.7. The molecule has 0 saturated heterocycles. The Morgan fingerprint density at radius 3 is 2.04 bits per heavy atom. The predicted octanol–water partition coefficient (Wildman–Crippen LogP) is 2.80.